The lowest BCUT2D eigenvalue weighted by Gasteiger charge is -2.22. The molecule has 154 valence electrons. The fraction of sp³-hybridized carbons (Fsp3) is 0.500. The molecule has 0 saturated heterocycles. The predicted octanol–water partition coefficient (Wildman–Crippen LogP) is 1.76. The number of halogens is 4. The maximum absolute atomic E-state index is 13.3. The van der Waals surface area contributed by atoms with Gasteiger partial charge in [0.25, 0.3) is 5.91 Å². The maximum atomic E-state index is 13.3. The number of alkyl halides is 3. The van der Waals surface area contributed by atoms with Crippen molar-refractivity contribution in [1.82, 2.24) is 16.0 Å². The summed E-state index contributed by atoms with van der Waals surface area (Å²) < 4.78 is 52.7. The summed E-state index contributed by atoms with van der Waals surface area (Å²) in [4.78, 5) is 35.8. The molecule has 1 aromatic carbocycles. The Labute approximate surface area is 159 Å². The molecule has 1 aliphatic carbocycles. The minimum atomic E-state index is -4.72. The average Bonchev–Trinajstić information content (AvgIpc) is 3.43. The molecule has 0 heterocycles. The number of Topliss-reactive ketones (excluding diaryl/α,β-unsaturated/α-hetero) is 1. The lowest BCUT2D eigenvalue weighted by molar-refractivity contribution is -0.158. The lowest BCUT2D eigenvalue weighted by atomic mass is 10.1. The molecule has 0 radical (unpaired) electrons. The van der Waals surface area contributed by atoms with Crippen LogP contribution in [0.1, 0.15) is 37.8 Å². The first kappa shape index (κ1) is 21.8. The molecule has 0 bridgehead atoms. The standard InChI is InChI=1S/C18H21F4N3O3/c1-2-13(15(27)17(28)24-12-7-8-12)25-14(26)9-23-16(18(20,21)22)10-3-5-11(19)6-4-10/h3-6,12-13,16,23H,2,7-9H2,1H3,(H,24,28)(H,25,26)/t13-,16-/m0/s1. The van der Waals surface area contributed by atoms with E-state index in [0.717, 1.165) is 37.1 Å². The number of carbonyl (C=O) groups is 3. The third-order valence-electron chi connectivity index (χ3n) is 4.19. The predicted molar refractivity (Wildman–Crippen MR) is 91.6 cm³/mol. The molecule has 28 heavy (non-hydrogen) atoms. The second-order valence-corrected chi connectivity index (χ2v) is 6.55. The molecule has 1 aliphatic rings. The van der Waals surface area contributed by atoms with E-state index >= 15 is 0 Å². The number of amides is 2. The van der Waals surface area contributed by atoms with Crippen LogP contribution in [0, 0.1) is 5.82 Å². The smallest absolute Gasteiger partial charge is 0.347 e. The Bertz CT molecular complexity index is 718. The Morgan fingerprint density at radius 1 is 1.14 bits per heavy atom. The van der Waals surface area contributed by atoms with Crippen molar-refractivity contribution in [2.45, 2.75) is 50.5 Å². The van der Waals surface area contributed by atoms with E-state index in [4.69, 9.17) is 0 Å². The Kier molecular flexibility index (Phi) is 7.11. The summed E-state index contributed by atoms with van der Waals surface area (Å²) >= 11 is 0. The van der Waals surface area contributed by atoms with Gasteiger partial charge >= 0.3 is 6.18 Å². The molecule has 2 atom stereocenters. The molecule has 0 spiro atoms. The van der Waals surface area contributed by atoms with Crippen LogP contribution in [0.25, 0.3) is 0 Å². The number of rotatable bonds is 9. The van der Waals surface area contributed by atoms with Gasteiger partial charge in [0.15, 0.2) is 0 Å². The van der Waals surface area contributed by atoms with E-state index in [2.05, 4.69) is 16.0 Å². The van der Waals surface area contributed by atoms with Crippen LogP contribution in [0.15, 0.2) is 24.3 Å². The van der Waals surface area contributed by atoms with Crippen molar-refractivity contribution in [2.75, 3.05) is 6.54 Å². The van der Waals surface area contributed by atoms with Gasteiger partial charge in [0, 0.05) is 6.04 Å². The van der Waals surface area contributed by atoms with E-state index in [-0.39, 0.29) is 18.0 Å². The highest BCUT2D eigenvalue weighted by atomic mass is 19.4. The molecule has 0 aliphatic heterocycles. The molecule has 10 heteroatoms. The summed E-state index contributed by atoms with van der Waals surface area (Å²) in [6.07, 6.45) is -3.03. The van der Waals surface area contributed by atoms with Gasteiger partial charge in [-0.2, -0.15) is 13.2 Å². The molecule has 1 saturated carbocycles. The van der Waals surface area contributed by atoms with E-state index in [1.54, 1.807) is 6.92 Å². The number of hydrogen-bond donors (Lipinski definition) is 3. The fourth-order valence-corrected chi connectivity index (χ4v) is 2.51. The summed E-state index contributed by atoms with van der Waals surface area (Å²) in [6, 6.07) is 0.378. The number of hydrogen-bond acceptors (Lipinski definition) is 4. The first-order valence-electron chi connectivity index (χ1n) is 8.81. The summed E-state index contributed by atoms with van der Waals surface area (Å²) in [5.74, 6) is -3.21. The van der Waals surface area contributed by atoms with E-state index < -0.39 is 48.2 Å². The van der Waals surface area contributed by atoms with Crippen molar-refractivity contribution in [2.24, 2.45) is 0 Å². The third-order valence-corrected chi connectivity index (χ3v) is 4.19. The first-order chi connectivity index (χ1) is 13.1. The number of carbonyl (C=O) groups excluding carboxylic acids is 3. The van der Waals surface area contributed by atoms with Crippen molar-refractivity contribution in [1.29, 1.82) is 0 Å². The Morgan fingerprint density at radius 2 is 1.75 bits per heavy atom. The van der Waals surface area contributed by atoms with Crippen LogP contribution in [0.2, 0.25) is 0 Å². The Morgan fingerprint density at radius 3 is 2.25 bits per heavy atom. The number of benzene rings is 1. The van der Waals surface area contributed by atoms with Gasteiger partial charge in [0.2, 0.25) is 11.7 Å². The zero-order chi connectivity index (χ0) is 20.9. The normalized spacial score (nSPS) is 16.2. The highest BCUT2D eigenvalue weighted by Crippen LogP contribution is 2.32. The summed E-state index contributed by atoms with van der Waals surface area (Å²) in [5, 5.41) is 6.84. The van der Waals surface area contributed by atoms with Crippen LogP contribution in [0.3, 0.4) is 0 Å². The quantitative estimate of drug-likeness (QED) is 0.433. The molecule has 6 nitrogen and oxygen atoms in total. The second-order valence-electron chi connectivity index (χ2n) is 6.55. The summed E-state index contributed by atoms with van der Waals surface area (Å²) in [5.41, 5.74) is -0.256. The molecule has 2 rings (SSSR count). The van der Waals surface area contributed by atoms with Crippen molar-refractivity contribution in [3.63, 3.8) is 0 Å². The van der Waals surface area contributed by atoms with E-state index in [0.29, 0.717) is 0 Å². The zero-order valence-corrected chi connectivity index (χ0v) is 15.1. The molecular weight excluding hydrogens is 382 g/mol. The highest BCUT2D eigenvalue weighted by Gasteiger charge is 2.41. The zero-order valence-electron chi connectivity index (χ0n) is 15.1. The largest absolute Gasteiger partial charge is 0.407 e. The molecule has 0 aromatic heterocycles. The Hall–Kier alpha value is -2.49. The molecule has 0 unspecified atom stereocenters. The average molecular weight is 403 g/mol. The van der Waals surface area contributed by atoms with Gasteiger partial charge in [-0.05, 0) is 37.0 Å². The van der Waals surface area contributed by atoms with Gasteiger partial charge in [-0.1, -0.05) is 19.1 Å². The van der Waals surface area contributed by atoms with Crippen LogP contribution < -0.4 is 16.0 Å². The highest BCUT2D eigenvalue weighted by molar-refractivity contribution is 6.38. The number of nitrogens with one attached hydrogen (secondary N) is 3. The van der Waals surface area contributed by atoms with Crippen LogP contribution >= 0.6 is 0 Å². The van der Waals surface area contributed by atoms with Gasteiger partial charge in [0.05, 0.1) is 12.6 Å². The topological polar surface area (TPSA) is 87.3 Å². The van der Waals surface area contributed by atoms with Crippen molar-refractivity contribution in [3.8, 4) is 0 Å². The van der Waals surface area contributed by atoms with E-state index in [1.165, 1.54) is 0 Å². The molecule has 1 aromatic rings. The molecule has 2 amide bonds. The minimum Gasteiger partial charge on any atom is -0.347 e. The molecule has 1 fully saturated rings. The van der Waals surface area contributed by atoms with Crippen molar-refractivity contribution < 1.29 is 31.9 Å². The summed E-state index contributed by atoms with van der Waals surface area (Å²) in [7, 11) is 0. The lowest BCUT2D eigenvalue weighted by Crippen LogP contribution is -2.50. The van der Waals surface area contributed by atoms with Crippen LogP contribution in [-0.2, 0) is 14.4 Å². The number of ketones is 1. The van der Waals surface area contributed by atoms with Crippen LogP contribution in [0.5, 0.6) is 0 Å². The van der Waals surface area contributed by atoms with Crippen molar-refractivity contribution in [3.05, 3.63) is 35.6 Å². The monoisotopic (exact) mass is 403 g/mol. The van der Waals surface area contributed by atoms with Gasteiger partial charge in [-0.15, -0.1) is 0 Å². The fourth-order valence-electron chi connectivity index (χ4n) is 2.51. The minimum absolute atomic E-state index is 0.0328. The van der Waals surface area contributed by atoms with E-state index in [9.17, 15) is 31.9 Å². The van der Waals surface area contributed by atoms with Crippen molar-refractivity contribution >= 4 is 17.6 Å². The first-order valence-corrected chi connectivity index (χ1v) is 8.81. The Balaban J connectivity index is 1.94. The van der Waals surface area contributed by atoms with Gasteiger partial charge < -0.3 is 10.6 Å². The summed E-state index contributed by atoms with van der Waals surface area (Å²) in [6.45, 7) is 0.827. The van der Waals surface area contributed by atoms with Crippen LogP contribution in [0.4, 0.5) is 17.6 Å². The van der Waals surface area contributed by atoms with Gasteiger partial charge in [-0.3, -0.25) is 19.7 Å². The second kappa shape index (κ2) is 9.13. The van der Waals surface area contributed by atoms with Gasteiger partial charge in [0.1, 0.15) is 11.9 Å². The molecule has 3 N–H and O–H groups in total. The van der Waals surface area contributed by atoms with Crippen LogP contribution in [-0.4, -0.2) is 42.4 Å². The van der Waals surface area contributed by atoms with E-state index in [1.807, 2.05) is 0 Å². The van der Waals surface area contributed by atoms with Gasteiger partial charge in [-0.25, -0.2) is 4.39 Å². The third kappa shape index (κ3) is 6.29. The maximum Gasteiger partial charge on any atom is 0.407 e. The molecular formula is C18H21F4N3O3. The SMILES string of the molecule is CC[C@H](NC(=O)CN[C@@H](c1ccc(F)cc1)C(F)(F)F)C(=O)C(=O)NC1CC1.